The predicted molar refractivity (Wildman–Crippen MR) is 99.2 cm³/mol. The summed E-state index contributed by atoms with van der Waals surface area (Å²) in [5.41, 5.74) is 2.01. The molecule has 0 atom stereocenters. The predicted octanol–water partition coefficient (Wildman–Crippen LogP) is 5.50. The van der Waals surface area contributed by atoms with E-state index in [1.54, 1.807) is 0 Å². The van der Waals surface area contributed by atoms with Gasteiger partial charge in [-0.05, 0) is 37.8 Å². The van der Waals surface area contributed by atoms with Crippen molar-refractivity contribution in [2.75, 3.05) is 10.6 Å². The molecule has 2 saturated carbocycles. The monoisotopic (exact) mass is 342 g/mol. The van der Waals surface area contributed by atoms with Crippen LogP contribution in [0.4, 0.5) is 17.5 Å². The van der Waals surface area contributed by atoms with E-state index in [0.717, 1.165) is 23.1 Å². The fourth-order valence-corrected chi connectivity index (χ4v) is 3.50. The minimum Gasteiger partial charge on any atom is -0.351 e. The third kappa shape index (κ3) is 3.81. The number of rotatable bonds is 5. The Morgan fingerprint density at radius 2 is 1.75 bits per heavy atom. The zero-order valence-corrected chi connectivity index (χ0v) is 14.5. The van der Waals surface area contributed by atoms with Gasteiger partial charge < -0.3 is 10.6 Å². The zero-order valence-electron chi connectivity index (χ0n) is 13.8. The lowest BCUT2D eigenvalue weighted by atomic mass is 9.96. The molecule has 0 spiro atoms. The van der Waals surface area contributed by atoms with Crippen molar-refractivity contribution >= 4 is 29.1 Å². The van der Waals surface area contributed by atoms with Crippen molar-refractivity contribution < 1.29 is 0 Å². The molecule has 24 heavy (non-hydrogen) atoms. The van der Waals surface area contributed by atoms with Gasteiger partial charge in [0.2, 0.25) is 5.95 Å². The van der Waals surface area contributed by atoms with E-state index < -0.39 is 0 Å². The molecule has 5 heteroatoms. The van der Waals surface area contributed by atoms with Crippen molar-refractivity contribution in [3.8, 4) is 0 Å². The van der Waals surface area contributed by atoms with Crippen LogP contribution < -0.4 is 10.6 Å². The highest BCUT2D eigenvalue weighted by molar-refractivity contribution is 6.33. The average Bonchev–Trinajstić information content (AvgIpc) is 3.43. The van der Waals surface area contributed by atoms with Crippen LogP contribution in [-0.2, 0) is 0 Å². The Labute approximate surface area is 148 Å². The smallest absolute Gasteiger partial charge is 0.225 e. The molecule has 1 aromatic carbocycles. The molecule has 1 aromatic heterocycles. The van der Waals surface area contributed by atoms with E-state index in [4.69, 9.17) is 16.6 Å². The Morgan fingerprint density at radius 1 is 0.958 bits per heavy atom. The number of anilines is 3. The van der Waals surface area contributed by atoms with E-state index >= 15 is 0 Å². The first-order valence-electron chi connectivity index (χ1n) is 8.95. The van der Waals surface area contributed by atoms with Crippen LogP contribution in [0.1, 0.15) is 56.6 Å². The van der Waals surface area contributed by atoms with Gasteiger partial charge in [-0.1, -0.05) is 43.0 Å². The quantitative estimate of drug-likeness (QED) is 0.753. The summed E-state index contributed by atoms with van der Waals surface area (Å²) < 4.78 is 0. The lowest BCUT2D eigenvalue weighted by Gasteiger charge is -2.23. The Morgan fingerprint density at radius 3 is 2.50 bits per heavy atom. The molecular weight excluding hydrogens is 320 g/mol. The summed E-state index contributed by atoms with van der Waals surface area (Å²) >= 11 is 6.26. The van der Waals surface area contributed by atoms with Crippen LogP contribution in [0.25, 0.3) is 0 Å². The molecule has 1 heterocycles. The van der Waals surface area contributed by atoms with E-state index in [1.807, 2.05) is 24.3 Å². The Hall–Kier alpha value is -1.81. The van der Waals surface area contributed by atoms with Gasteiger partial charge in [0.15, 0.2) is 0 Å². The van der Waals surface area contributed by atoms with Gasteiger partial charge in [-0.2, -0.15) is 4.98 Å². The highest BCUT2D eigenvalue weighted by Gasteiger charge is 2.26. The molecular formula is C19H23ClN4. The fraction of sp³-hybridized carbons (Fsp3) is 0.474. The topological polar surface area (TPSA) is 49.8 Å². The second kappa shape index (κ2) is 6.98. The zero-order chi connectivity index (χ0) is 16.4. The summed E-state index contributed by atoms with van der Waals surface area (Å²) in [4.78, 5) is 9.44. The van der Waals surface area contributed by atoms with Gasteiger partial charge in [0.05, 0.1) is 16.4 Å². The van der Waals surface area contributed by atoms with Crippen LogP contribution in [0.2, 0.25) is 5.02 Å². The van der Waals surface area contributed by atoms with Crippen LogP contribution >= 0.6 is 11.6 Å². The number of hydrogen-bond donors (Lipinski definition) is 2. The molecule has 0 amide bonds. The van der Waals surface area contributed by atoms with Crippen LogP contribution in [0.3, 0.4) is 0 Å². The van der Waals surface area contributed by atoms with E-state index in [-0.39, 0.29) is 0 Å². The summed E-state index contributed by atoms with van der Waals surface area (Å²) in [6.45, 7) is 0. The number of aromatic nitrogens is 2. The molecule has 2 aliphatic carbocycles. The van der Waals surface area contributed by atoms with Crippen molar-refractivity contribution in [3.05, 3.63) is 41.0 Å². The normalized spacial score (nSPS) is 18.4. The standard InChI is InChI=1S/C19H23ClN4/c20-15-8-4-5-9-16(15)22-18-12-17(13-10-11-13)23-19(24-18)21-14-6-2-1-3-7-14/h4-5,8-9,12-14H,1-3,6-7,10-11H2,(H2,21,22,23,24). The summed E-state index contributed by atoms with van der Waals surface area (Å²) in [5.74, 6) is 2.16. The molecule has 2 aromatic rings. The maximum Gasteiger partial charge on any atom is 0.225 e. The molecule has 126 valence electrons. The lowest BCUT2D eigenvalue weighted by molar-refractivity contribution is 0.460. The first-order chi connectivity index (χ1) is 11.8. The second-order valence-corrected chi connectivity index (χ2v) is 7.27. The summed E-state index contributed by atoms with van der Waals surface area (Å²) in [7, 11) is 0. The average molecular weight is 343 g/mol. The van der Waals surface area contributed by atoms with Gasteiger partial charge in [0.1, 0.15) is 5.82 Å². The number of hydrogen-bond acceptors (Lipinski definition) is 4. The third-order valence-electron chi connectivity index (χ3n) is 4.82. The van der Waals surface area contributed by atoms with E-state index in [2.05, 4.69) is 21.7 Å². The summed E-state index contributed by atoms with van der Waals surface area (Å²) in [6.07, 6.45) is 8.82. The number of nitrogens with one attached hydrogen (secondary N) is 2. The van der Waals surface area contributed by atoms with Gasteiger partial charge in [-0.25, -0.2) is 4.98 Å². The maximum atomic E-state index is 6.26. The lowest BCUT2D eigenvalue weighted by Crippen LogP contribution is -2.23. The molecule has 0 bridgehead atoms. The van der Waals surface area contributed by atoms with Crippen LogP contribution in [0.5, 0.6) is 0 Å². The molecule has 0 aliphatic heterocycles. The van der Waals surface area contributed by atoms with Crippen LogP contribution in [0, 0.1) is 0 Å². The highest BCUT2D eigenvalue weighted by Crippen LogP contribution is 2.40. The van der Waals surface area contributed by atoms with Crippen molar-refractivity contribution in [2.24, 2.45) is 0 Å². The Balaban J connectivity index is 1.57. The second-order valence-electron chi connectivity index (χ2n) is 6.86. The molecule has 0 saturated heterocycles. The Bertz CT molecular complexity index is 708. The number of halogens is 1. The highest BCUT2D eigenvalue weighted by atomic mass is 35.5. The Kier molecular flexibility index (Phi) is 4.56. The summed E-state index contributed by atoms with van der Waals surface area (Å²) in [5, 5.41) is 7.60. The van der Waals surface area contributed by atoms with Crippen molar-refractivity contribution in [1.82, 2.24) is 9.97 Å². The fourth-order valence-electron chi connectivity index (χ4n) is 3.31. The minimum atomic E-state index is 0.501. The van der Waals surface area contributed by atoms with Crippen molar-refractivity contribution in [1.29, 1.82) is 0 Å². The van der Waals surface area contributed by atoms with E-state index in [0.29, 0.717) is 17.0 Å². The van der Waals surface area contributed by atoms with Crippen LogP contribution in [-0.4, -0.2) is 16.0 Å². The maximum absolute atomic E-state index is 6.26. The van der Waals surface area contributed by atoms with E-state index in [1.165, 1.54) is 44.9 Å². The van der Waals surface area contributed by atoms with Gasteiger partial charge in [-0.3, -0.25) is 0 Å². The minimum absolute atomic E-state index is 0.501. The van der Waals surface area contributed by atoms with Gasteiger partial charge in [0.25, 0.3) is 0 Å². The van der Waals surface area contributed by atoms with E-state index in [9.17, 15) is 0 Å². The number of benzene rings is 1. The van der Waals surface area contributed by atoms with Gasteiger partial charge >= 0.3 is 0 Å². The van der Waals surface area contributed by atoms with Gasteiger partial charge in [-0.15, -0.1) is 0 Å². The van der Waals surface area contributed by atoms with Gasteiger partial charge in [0, 0.05) is 18.0 Å². The molecule has 2 fully saturated rings. The molecule has 2 aliphatic rings. The first kappa shape index (κ1) is 15.7. The molecule has 2 N–H and O–H groups in total. The van der Waals surface area contributed by atoms with Crippen molar-refractivity contribution in [2.45, 2.75) is 56.9 Å². The first-order valence-corrected chi connectivity index (χ1v) is 9.33. The molecule has 4 rings (SSSR count). The molecule has 4 nitrogen and oxygen atoms in total. The third-order valence-corrected chi connectivity index (χ3v) is 5.15. The number of para-hydroxylation sites is 1. The largest absolute Gasteiger partial charge is 0.351 e. The SMILES string of the molecule is Clc1ccccc1Nc1cc(C2CC2)nc(NC2CCCCC2)n1. The molecule has 0 unspecified atom stereocenters. The van der Waals surface area contributed by atoms with Crippen LogP contribution in [0.15, 0.2) is 30.3 Å². The summed E-state index contributed by atoms with van der Waals surface area (Å²) in [6, 6.07) is 10.3. The number of nitrogens with zero attached hydrogens (tertiary/aromatic N) is 2. The molecule has 0 radical (unpaired) electrons. The van der Waals surface area contributed by atoms with Crippen molar-refractivity contribution in [3.63, 3.8) is 0 Å².